The van der Waals surface area contributed by atoms with E-state index < -0.39 is 0 Å². The first kappa shape index (κ1) is 11.9. The van der Waals surface area contributed by atoms with Crippen molar-refractivity contribution in [2.24, 2.45) is 5.92 Å². The summed E-state index contributed by atoms with van der Waals surface area (Å²) in [6, 6.07) is 6.02. The molecule has 0 N–H and O–H groups in total. The van der Waals surface area contributed by atoms with Crippen LogP contribution in [0.4, 0.5) is 5.82 Å². The number of hydrogen-bond acceptors (Lipinski definition) is 2. The predicted molar refractivity (Wildman–Crippen MR) is 72.9 cm³/mol. The van der Waals surface area contributed by atoms with Crippen LogP contribution < -0.4 is 4.90 Å². The summed E-state index contributed by atoms with van der Waals surface area (Å²) >= 11 is 0. The van der Waals surface area contributed by atoms with Crippen molar-refractivity contribution in [3.63, 3.8) is 0 Å². The summed E-state index contributed by atoms with van der Waals surface area (Å²) in [7, 11) is 2.09. The molecule has 0 fully saturated rings. The van der Waals surface area contributed by atoms with Gasteiger partial charge in [0.25, 0.3) is 0 Å². The summed E-state index contributed by atoms with van der Waals surface area (Å²) in [4.78, 5) is 6.55. The molecule has 90 valence electrons. The zero-order valence-electron chi connectivity index (χ0n) is 10.9. The van der Waals surface area contributed by atoms with Gasteiger partial charge in [-0.05, 0) is 37.0 Å². The van der Waals surface area contributed by atoms with Crippen molar-refractivity contribution >= 4 is 5.82 Å². The standard InChI is InChI=1S/C15H20N2/c1-12(2)13-7-9-14(10-8-13)17(3)15-6-4-5-11-16-15/h4-7,9,11-12H,8,10H2,1-3H3. The average Bonchev–Trinajstić information content (AvgIpc) is 2.39. The van der Waals surface area contributed by atoms with Gasteiger partial charge in [-0.1, -0.05) is 31.6 Å². The number of nitrogens with zero attached hydrogens (tertiary/aromatic N) is 2. The molecule has 0 saturated carbocycles. The lowest BCUT2D eigenvalue weighted by atomic mass is 9.93. The van der Waals surface area contributed by atoms with E-state index in [0.717, 1.165) is 12.2 Å². The third-order valence-corrected chi connectivity index (χ3v) is 3.32. The SMILES string of the molecule is CC(C)C1=CC=C(N(C)c2ccccn2)CC1. The molecular weight excluding hydrogens is 208 g/mol. The molecule has 1 aliphatic carbocycles. The van der Waals surface area contributed by atoms with Gasteiger partial charge in [0.15, 0.2) is 0 Å². The number of pyridine rings is 1. The average molecular weight is 228 g/mol. The van der Waals surface area contributed by atoms with Crippen molar-refractivity contribution in [2.45, 2.75) is 26.7 Å². The highest BCUT2D eigenvalue weighted by Crippen LogP contribution is 2.27. The van der Waals surface area contributed by atoms with E-state index in [1.54, 1.807) is 5.57 Å². The van der Waals surface area contributed by atoms with E-state index in [9.17, 15) is 0 Å². The largest absolute Gasteiger partial charge is 0.333 e. The first-order valence-electron chi connectivity index (χ1n) is 6.23. The third-order valence-electron chi connectivity index (χ3n) is 3.32. The topological polar surface area (TPSA) is 16.1 Å². The van der Waals surface area contributed by atoms with Gasteiger partial charge in [-0.2, -0.15) is 0 Å². The molecule has 17 heavy (non-hydrogen) atoms. The fraction of sp³-hybridized carbons (Fsp3) is 0.400. The highest BCUT2D eigenvalue weighted by molar-refractivity contribution is 5.46. The summed E-state index contributed by atoms with van der Waals surface area (Å²) in [5, 5.41) is 0. The smallest absolute Gasteiger partial charge is 0.132 e. The highest BCUT2D eigenvalue weighted by Gasteiger charge is 2.13. The van der Waals surface area contributed by atoms with Gasteiger partial charge in [0.05, 0.1) is 0 Å². The van der Waals surface area contributed by atoms with Crippen molar-refractivity contribution in [2.75, 3.05) is 11.9 Å². The lowest BCUT2D eigenvalue weighted by Crippen LogP contribution is -2.19. The number of anilines is 1. The van der Waals surface area contributed by atoms with Crippen molar-refractivity contribution in [1.82, 2.24) is 4.98 Å². The molecule has 2 rings (SSSR count). The zero-order chi connectivity index (χ0) is 12.3. The monoisotopic (exact) mass is 228 g/mol. The van der Waals surface area contributed by atoms with Crippen LogP contribution in [-0.4, -0.2) is 12.0 Å². The first-order chi connectivity index (χ1) is 8.18. The van der Waals surface area contributed by atoms with Gasteiger partial charge in [0.2, 0.25) is 0 Å². The van der Waals surface area contributed by atoms with Crippen LogP contribution in [0.25, 0.3) is 0 Å². The van der Waals surface area contributed by atoms with Crippen molar-refractivity contribution in [1.29, 1.82) is 0 Å². The molecule has 1 aromatic rings. The van der Waals surface area contributed by atoms with E-state index in [2.05, 4.69) is 42.9 Å². The molecule has 0 atom stereocenters. The molecule has 2 nitrogen and oxygen atoms in total. The second-order valence-electron chi connectivity index (χ2n) is 4.80. The molecule has 0 bridgehead atoms. The fourth-order valence-corrected chi connectivity index (χ4v) is 2.10. The maximum absolute atomic E-state index is 4.37. The van der Waals surface area contributed by atoms with Gasteiger partial charge >= 0.3 is 0 Å². The summed E-state index contributed by atoms with van der Waals surface area (Å²) in [5.74, 6) is 1.67. The Hall–Kier alpha value is -1.57. The quantitative estimate of drug-likeness (QED) is 0.782. The van der Waals surface area contributed by atoms with E-state index >= 15 is 0 Å². The minimum Gasteiger partial charge on any atom is -0.333 e. The molecule has 2 heteroatoms. The molecule has 0 amide bonds. The Morgan fingerprint density at radius 3 is 2.53 bits per heavy atom. The van der Waals surface area contributed by atoms with Crippen molar-refractivity contribution < 1.29 is 0 Å². The molecule has 0 aliphatic heterocycles. The van der Waals surface area contributed by atoms with E-state index in [1.807, 2.05) is 24.4 Å². The number of rotatable bonds is 3. The molecule has 0 aromatic carbocycles. The first-order valence-corrected chi connectivity index (χ1v) is 6.23. The summed E-state index contributed by atoms with van der Waals surface area (Å²) < 4.78 is 0. The van der Waals surface area contributed by atoms with Gasteiger partial charge in [-0.25, -0.2) is 4.98 Å². The Labute approximate surface area is 104 Å². The lowest BCUT2D eigenvalue weighted by Gasteiger charge is -2.25. The molecule has 0 unspecified atom stereocenters. The van der Waals surface area contributed by atoms with Crippen molar-refractivity contribution in [3.05, 3.63) is 47.8 Å². The number of hydrogen-bond donors (Lipinski definition) is 0. The van der Waals surface area contributed by atoms with Crippen LogP contribution in [0.3, 0.4) is 0 Å². The number of aromatic nitrogens is 1. The minimum atomic E-state index is 0.660. The fourth-order valence-electron chi connectivity index (χ4n) is 2.10. The Morgan fingerprint density at radius 1 is 1.18 bits per heavy atom. The van der Waals surface area contributed by atoms with Gasteiger partial charge in [-0.3, -0.25) is 0 Å². The summed E-state index contributed by atoms with van der Waals surface area (Å²) in [6.07, 6.45) is 8.61. The maximum Gasteiger partial charge on any atom is 0.132 e. The summed E-state index contributed by atoms with van der Waals surface area (Å²) in [5.41, 5.74) is 2.89. The van der Waals surface area contributed by atoms with Crippen LogP contribution in [0.5, 0.6) is 0 Å². The van der Waals surface area contributed by atoms with Gasteiger partial charge in [-0.15, -0.1) is 0 Å². The molecular formula is C15H20N2. The van der Waals surface area contributed by atoms with Gasteiger partial charge in [0, 0.05) is 18.9 Å². The Kier molecular flexibility index (Phi) is 3.62. The molecule has 1 aliphatic rings. The maximum atomic E-state index is 4.37. The van der Waals surface area contributed by atoms with Gasteiger partial charge in [0.1, 0.15) is 5.82 Å². The van der Waals surface area contributed by atoms with Crippen LogP contribution in [0.1, 0.15) is 26.7 Å². The Bertz CT molecular complexity index is 429. The molecule has 0 saturated heterocycles. The zero-order valence-corrected chi connectivity index (χ0v) is 10.9. The van der Waals surface area contributed by atoms with E-state index in [0.29, 0.717) is 5.92 Å². The Balaban J connectivity index is 2.15. The van der Waals surface area contributed by atoms with E-state index in [-0.39, 0.29) is 0 Å². The molecule has 0 spiro atoms. The van der Waals surface area contributed by atoms with Crippen LogP contribution in [0.2, 0.25) is 0 Å². The predicted octanol–water partition coefficient (Wildman–Crippen LogP) is 3.78. The minimum absolute atomic E-state index is 0.660. The van der Waals surface area contributed by atoms with E-state index in [1.165, 1.54) is 12.1 Å². The molecule has 1 aromatic heterocycles. The van der Waals surface area contributed by atoms with Crippen LogP contribution in [0.15, 0.2) is 47.8 Å². The highest BCUT2D eigenvalue weighted by atomic mass is 15.2. The normalized spacial score (nSPS) is 15.5. The molecule has 1 heterocycles. The van der Waals surface area contributed by atoms with Crippen LogP contribution >= 0.6 is 0 Å². The second kappa shape index (κ2) is 5.17. The summed E-state index contributed by atoms with van der Waals surface area (Å²) in [6.45, 7) is 4.51. The van der Waals surface area contributed by atoms with Crippen molar-refractivity contribution in [3.8, 4) is 0 Å². The lowest BCUT2D eigenvalue weighted by molar-refractivity contribution is 0.693. The second-order valence-corrected chi connectivity index (χ2v) is 4.80. The van der Waals surface area contributed by atoms with E-state index in [4.69, 9.17) is 0 Å². The molecule has 0 radical (unpaired) electrons. The number of allylic oxidation sites excluding steroid dienone is 4. The van der Waals surface area contributed by atoms with Crippen LogP contribution in [-0.2, 0) is 0 Å². The van der Waals surface area contributed by atoms with Crippen LogP contribution in [0, 0.1) is 5.92 Å². The third kappa shape index (κ3) is 2.76. The Morgan fingerprint density at radius 2 is 2.00 bits per heavy atom. The van der Waals surface area contributed by atoms with Gasteiger partial charge < -0.3 is 4.90 Å².